The highest BCUT2D eigenvalue weighted by Crippen LogP contribution is 2.50. The van der Waals surface area contributed by atoms with Gasteiger partial charge in [-0.25, -0.2) is 4.39 Å². The number of allylic oxidation sites excluding steroid dienone is 2. The lowest BCUT2D eigenvalue weighted by Crippen LogP contribution is -2.30. The van der Waals surface area contributed by atoms with Crippen molar-refractivity contribution in [3.63, 3.8) is 0 Å². The molecule has 98 valence electrons. The molecule has 1 aromatic carbocycles. The second-order valence-electron chi connectivity index (χ2n) is 4.80. The second-order valence-corrected chi connectivity index (χ2v) is 4.80. The van der Waals surface area contributed by atoms with Gasteiger partial charge in [0.1, 0.15) is 11.4 Å². The van der Waals surface area contributed by atoms with Crippen molar-refractivity contribution in [2.75, 3.05) is 7.11 Å². The molecule has 19 heavy (non-hydrogen) atoms. The predicted octanol–water partition coefficient (Wildman–Crippen LogP) is 2.57. The molecule has 0 N–H and O–H groups in total. The first kappa shape index (κ1) is 12.3. The Balaban J connectivity index is 2.22. The average Bonchev–Trinajstić information content (AvgIpc) is 2.64. The molecule has 2 aliphatic rings. The third-order valence-electron chi connectivity index (χ3n) is 3.64. The second kappa shape index (κ2) is 3.85. The standard InChI is InChI=1S/C15H13FO3/c1-14(18-2)12-4-3-10(16)9-13(12)15(19-14)7-5-11(17)6-8-15/h3-9H,1-2H3. The predicted molar refractivity (Wildman–Crippen MR) is 66.8 cm³/mol. The van der Waals surface area contributed by atoms with Crippen LogP contribution >= 0.6 is 0 Å². The Morgan fingerprint density at radius 2 is 1.89 bits per heavy atom. The SMILES string of the molecule is COC1(C)OC2(C=CC(=O)C=C2)c2cc(F)ccc21. The summed E-state index contributed by atoms with van der Waals surface area (Å²) in [5.74, 6) is -1.42. The van der Waals surface area contributed by atoms with Crippen LogP contribution in [0.5, 0.6) is 0 Å². The van der Waals surface area contributed by atoms with Gasteiger partial charge in [0.05, 0.1) is 0 Å². The van der Waals surface area contributed by atoms with E-state index < -0.39 is 11.4 Å². The topological polar surface area (TPSA) is 35.5 Å². The number of rotatable bonds is 1. The molecule has 0 aromatic heterocycles. The van der Waals surface area contributed by atoms with Gasteiger partial charge in [0.2, 0.25) is 0 Å². The third-order valence-corrected chi connectivity index (χ3v) is 3.64. The molecule has 1 aromatic rings. The van der Waals surface area contributed by atoms with Crippen molar-refractivity contribution in [3.8, 4) is 0 Å². The summed E-state index contributed by atoms with van der Waals surface area (Å²) in [6, 6.07) is 4.45. The quantitative estimate of drug-likeness (QED) is 0.778. The van der Waals surface area contributed by atoms with Gasteiger partial charge < -0.3 is 9.47 Å². The lowest BCUT2D eigenvalue weighted by Gasteiger charge is -2.29. The molecule has 4 heteroatoms. The summed E-state index contributed by atoms with van der Waals surface area (Å²) < 4.78 is 24.9. The molecule has 0 fully saturated rings. The van der Waals surface area contributed by atoms with Crippen LogP contribution in [0.2, 0.25) is 0 Å². The van der Waals surface area contributed by atoms with E-state index in [1.165, 1.54) is 31.4 Å². The zero-order chi connectivity index (χ0) is 13.7. The first-order chi connectivity index (χ1) is 8.99. The first-order valence-electron chi connectivity index (χ1n) is 5.97. The number of hydrogen-bond acceptors (Lipinski definition) is 3. The minimum absolute atomic E-state index is 0.113. The summed E-state index contributed by atoms with van der Waals surface area (Å²) in [5, 5.41) is 0. The van der Waals surface area contributed by atoms with E-state index in [0.29, 0.717) is 5.56 Å². The zero-order valence-corrected chi connectivity index (χ0v) is 10.6. The van der Waals surface area contributed by atoms with Gasteiger partial charge in [-0.2, -0.15) is 0 Å². The van der Waals surface area contributed by atoms with Gasteiger partial charge in [-0.15, -0.1) is 0 Å². The molecule has 3 nitrogen and oxygen atoms in total. The van der Waals surface area contributed by atoms with Crippen LogP contribution < -0.4 is 0 Å². The highest BCUT2D eigenvalue weighted by molar-refractivity contribution is 6.00. The van der Waals surface area contributed by atoms with Crippen LogP contribution in [0.15, 0.2) is 42.5 Å². The van der Waals surface area contributed by atoms with Crippen LogP contribution in [-0.4, -0.2) is 12.9 Å². The molecule has 3 rings (SSSR count). The molecule has 1 aliphatic carbocycles. The Bertz CT molecular complexity index is 602. The minimum Gasteiger partial charge on any atom is -0.349 e. The Kier molecular flexibility index (Phi) is 2.49. The molecule has 1 atom stereocenters. The van der Waals surface area contributed by atoms with Gasteiger partial charge in [0, 0.05) is 18.2 Å². The summed E-state index contributed by atoms with van der Waals surface area (Å²) in [5.41, 5.74) is 0.493. The summed E-state index contributed by atoms with van der Waals surface area (Å²) in [6.45, 7) is 1.77. The number of ketones is 1. The van der Waals surface area contributed by atoms with E-state index in [1.54, 1.807) is 25.1 Å². The van der Waals surface area contributed by atoms with E-state index in [4.69, 9.17) is 9.47 Å². The average molecular weight is 260 g/mol. The van der Waals surface area contributed by atoms with Crippen molar-refractivity contribution >= 4 is 5.78 Å². The van der Waals surface area contributed by atoms with Gasteiger partial charge in [0.15, 0.2) is 11.6 Å². The number of halogens is 1. The maximum atomic E-state index is 13.5. The maximum Gasteiger partial charge on any atom is 0.193 e. The van der Waals surface area contributed by atoms with Crippen molar-refractivity contribution in [3.05, 3.63) is 59.4 Å². The number of benzene rings is 1. The molecule has 0 amide bonds. The summed E-state index contributed by atoms with van der Waals surface area (Å²) in [7, 11) is 1.54. The van der Waals surface area contributed by atoms with Crippen LogP contribution in [0.25, 0.3) is 0 Å². The normalized spacial score (nSPS) is 27.0. The number of methoxy groups -OCH3 is 1. The van der Waals surface area contributed by atoms with Crippen molar-refractivity contribution in [1.82, 2.24) is 0 Å². The number of carbonyl (C=O) groups excluding carboxylic acids is 1. The molecule has 0 radical (unpaired) electrons. The smallest absolute Gasteiger partial charge is 0.193 e. The highest BCUT2D eigenvalue weighted by Gasteiger charge is 2.49. The monoisotopic (exact) mass is 260 g/mol. The van der Waals surface area contributed by atoms with Gasteiger partial charge >= 0.3 is 0 Å². The fourth-order valence-electron chi connectivity index (χ4n) is 2.59. The van der Waals surface area contributed by atoms with E-state index in [-0.39, 0.29) is 11.6 Å². The van der Waals surface area contributed by atoms with E-state index >= 15 is 0 Å². The summed E-state index contributed by atoms with van der Waals surface area (Å²) in [4.78, 5) is 11.3. The van der Waals surface area contributed by atoms with E-state index in [0.717, 1.165) is 5.56 Å². The van der Waals surface area contributed by atoms with Crippen LogP contribution in [-0.2, 0) is 25.7 Å². The van der Waals surface area contributed by atoms with Crippen LogP contribution in [0.1, 0.15) is 18.1 Å². The first-order valence-corrected chi connectivity index (χ1v) is 5.97. The van der Waals surface area contributed by atoms with Crippen molar-refractivity contribution < 1.29 is 18.7 Å². The Morgan fingerprint density at radius 1 is 1.21 bits per heavy atom. The van der Waals surface area contributed by atoms with Crippen molar-refractivity contribution in [2.45, 2.75) is 18.3 Å². The Morgan fingerprint density at radius 3 is 2.53 bits per heavy atom. The van der Waals surface area contributed by atoms with Crippen molar-refractivity contribution in [1.29, 1.82) is 0 Å². The zero-order valence-electron chi connectivity index (χ0n) is 10.6. The summed E-state index contributed by atoms with van der Waals surface area (Å²) in [6.07, 6.45) is 6.13. The molecule has 1 heterocycles. The lowest BCUT2D eigenvalue weighted by atomic mass is 9.87. The van der Waals surface area contributed by atoms with Gasteiger partial charge in [-0.05, 0) is 43.4 Å². The molecular formula is C15H13FO3. The van der Waals surface area contributed by atoms with Gasteiger partial charge in [-0.3, -0.25) is 4.79 Å². The van der Waals surface area contributed by atoms with Crippen LogP contribution in [0.3, 0.4) is 0 Å². The van der Waals surface area contributed by atoms with E-state index in [2.05, 4.69) is 0 Å². The highest BCUT2D eigenvalue weighted by atomic mass is 19.1. The molecule has 1 spiro atoms. The van der Waals surface area contributed by atoms with Crippen molar-refractivity contribution in [2.24, 2.45) is 0 Å². The largest absolute Gasteiger partial charge is 0.349 e. The number of fused-ring (bicyclic) bond motifs is 2. The lowest BCUT2D eigenvalue weighted by molar-refractivity contribution is -0.239. The van der Waals surface area contributed by atoms with Crippen LogP contribution in [0.4, 0.5) is 4.39 Å². The molecule has 0 saturated carbocycles. The molecule has 1 aliphatic heterocycles. The summed E-state index contributed by atoms with van der Waals surface area (Å²) >= 11 is 0. The number of ether oxygens (including phenoxy) is 2. The van der Waals surface area contributed by atoms with E-state index in [9.17, 15) is 9.18 Å². The molecule has 0 bridgehead atoms. The van der Waals surface area contributed by atoms with Gasteiger partial charge in [0.25, 0.3) is 0 Å². The minimum atomic E-state index is -0.960. The molecule has 0 saturated heterocycles. The third kappa shape index (κ3) is 1.68. The van der Waals surface area contributed by atoms with Crippen LogP contribution in [0, 0.1) is 5.82 Å². The number of hydrogen-bond donors (Lipinski definition) is 0. The van der Waals surface area contributed by atoms with E-state index in [1.807, 2.05) is 0 Å². The molecule has 1 unspecified atom stereocenters. The Labute approximate surface area is 110 Å². The van der Waals surface area contributed by atoms with Gasteiger partial charge in [-0.1, -0.05) is 6.07 Å². The fraction of sp³-hybridized carbons (Fsp3) is 0.267. The number of carbonyl (C=O) groups is 1. The maximum absolute atomic E-state index is 13.5. The fourth-order valence-corrected chi connectivity index (χ4v) is 2.59. The molecular weight excluding hydrogens is 247 g/mol. The Hall–Kier alpha value is -1.78.